The molecule has 1 saturated heterocycles. The first kappa shape index (κ1) is 19.5. The number of anilines is 1. The summed E-state index contributed by atoms with van der Waals surface area (Å²) in [5.41, 5.74) is -0.233. The second kappa shape index (κ2) is 9.63. The van der Waals surface area contributed by atoms with Gasteiger partial charge in [-0.15, -0.1) is 0 Å². The molecule has 27 heavy (non-hydrogen) atoms. The highest BCUT2D eigenvalue weighted by molar-refractivity contribution is 7.80. The van der Waals surface area contributed by atoms with E-state index in [2.05, 4.69) is 26.1 Å². The number of aromatic amines is 1. The summed E-state index contributed by atoms with van der Waals surface area (Å²) in [5, 5.41) is 27.7. The number of allylic oxidation sites excluding steroid dienone is 2. The van der Waals surface area contributed by atoms with Crippen LogP contribution in [-0.2, 0) is 4.74 Å². The van der Waals surface area contributed by atoms with Gasteiger partial charge in [0.2, 0.25) is 0 Å². The van der Waals surface area contributed by atoms with E-state index < -0.39 is 6.10 Å². The summed E-state index contributed by atoms with van der Waals surface area (Å²) in [4.78, 5) is 11.9. The Morgan fingerprint density at radius 2 is 2.30 bits per heavy atom. The van der Waals surface area contributed by atoms with Crippen molar-refractivity contribution in [3.05, 3.63) is 32.9 Å². The standard InChI is InChI=1S/C18H25N5O3S/c24-12(10-20-18(27)21-11-13-5-4-8-26-13)9-19-16-14-6-2-1-3-7-15(14)17(25)23-22-16/h1,3,6-7,12-13,24H,2,4-5,8-11H2,(H,19,22)(H,23,25)(H2,20,21,27). The molecular weight excluding hydrogens is 366 g/mol. The third kappa shape index (κ3) is 5.62. The van der Waals surface area contributed by atoms with Crippen molar-refractivity contribution in [2.45, 2.75) is 31.5 Å². The van der Waals surface area contributed by atoms with Crippen molar-refractivity contribution >= 4 is 35.3 Å². The number of hydrogen-bond acceptors (Lipinski definition) is 6. The number of nitrogens with zero attached hydrogens (tertiary/aromatic N) is 1. The van der Waals surface area contributed by atoms with Crippen molar-refractivity contribution < 1.29 is 9.84 Å². The summed E-state index contributed by atoms with van der Waals surface area (Å²) >= 11 is 5.22. The maximum Gasteiger partial charge on any atom is 0.272 e. The van der Waals surface area contributed by atoms with E-state index in [1.165, 1.54) is 0 Å². The first-order chi connectivity index (χ1) is 13.1. The summed E-state index contributed by atoms with van der Waals surface area (Å²) < 4.78 is 5.53. The minimum atomic E-state index is -0.676. The van der Waals surface area contributed by atoms with E-state index in [-0.39, 0.29) is 18.2 Å². The zero-order valence-electron chi connectivity index (χ0n) is 15.0. The first-order valence-corrected chi connectivity index (χ1v) is 9.55. The molecule has 0 spiro atoms. The van der Waals surface area contributed by atoms with Crippen LogP contribution in [-0.4, -0.2) is 58.9 Å². The molecule has 0 bridgehead atoms. The minimum Gasteiger partial charge on any atom is -0.389 e. The van der Waals surface area contributed by atoms with Crippen LogP contribution in [0.2, 0.25) is 0 Å². The van der Waals surface area contributed by atoms with E-state index in [1.807, 2.05) is 18.2 Å². The number of rotatable bonds is 7. The fourth-order valence-electron chi connectivity index (χ4n) is 2.98. The third-order valence-electron chi connectivity index (χ3n) is 4.43. The Bertz CT molecular complexity index is 861. The topological polar surface area (TPSA) is 111 Å². The van der Waals surface area contributed by atoms with Gasteiger partial charge in [-0.3, -0.25) is 4.79 Å². The molecule has 1 aliphatic carbocycles. The number of aromatic nitrogens is 2. The quantitative estimate of drug-likeness (QED) is 0.365. The number of H-pyrrole nitrogens is 1. The van der Waals surface area contributed by atoms with Gasteiger partial charge in [0.25, 0.3) is 5.56 Å². The number of aliphatic hydroxyl groups excluding tert-OH is 1. The zero-order chi connectivity index (χ0) is 19.1. The highest BCUT2D eigenvalue weighted by Gasteiger charge is 2.15. The summed E-state index contributed by atoms with van der Waals surface area (Å²) in [6.45, 7) is 2.06. The number of fused-ring (bicyclic) bond motifs is 1. The predicted molar refractivity (Wildman–Crippen MR) is 109 cm³/mol. The van der Waals surface area contributed by atoms with Crippen molar-refractivity contribution in [2.24, 2.45) is 0 Å². The average Bonchev–Trinajstić information content (AvgIpc) is 3.06. The molecule has 0 amide bonds. The minimum absolute atomic E-state index is 0.209. The van der Waals surface area contributed by atoms with E-state index in [4.69, 9.17) is 17.0 Å². The lowest BCUT2D eigenvalue weighted by molar-refractivity contribution is 0.114. The van der Waals surface area contributed by atoms with Crippen LogP contribution in [0.1, 0.15) is 19.3 Å². The van der Waals surface area contributed by atoms with Gasteiger partial charge in [0.15, 0.2) is 10.9 Å². The normalized spacial score (nSPS) is 19.2. The zero-order valence-corrected chi connectivity index (χ0v) is 15.8. The third-order valence-corrected chi connectivity index (χ3v) is 4.72. The average molecular weight is 391 g/mol. The lowest BCUT2D eigenvalue weighted by Gasteiger charge is -2.17. The Balaban J connectivity index is 1.47. The highest BCUT2D eigenvalue weighted by atomic mass is 32.1. The van der Waals surface area contributed by atoms with E-state index in [1.54, 1.807) is 6.08 Å². The lowest BCUT2D eigenvalue weighted by atomic mass is 10.2. The number of aliphatic hydroxyl groups is 1. The Morgan fingerprint density at radius 3 is 3.11 bits per heavy atom. The molecule has 2 atom stereocenters. The SMILES string of the molecule is O=c1[nH]nc(NCC(O)CNC(=S)NCC2CCCO2)c2c1=CC=CCC=2. The van der Waals surface area contributed by atoms with Crippen molar-refractivity contribution in [1.82, 2.24) is 20.8 Å². The molecule has 146 valence electrons. The molecule has 2 aliphatic rings. The van der Waals surface area contributed by atoms with E-state index >= 15 is 0 Å². The molecule has 1 aliphatic heterocycles. The summed E-state index contributed by atoms with van der Waals surface area (Å²) in [6.07, 6.45) is 9.91. The molecule has 1 aromatic rings. The number of thiocarbonyl (C=S) groups is 1. The Morgan fingerprint density at radius 1 is 1.41 bits per heavy atom. The van der Waals surface area contributed by atoms with Gasteiger partial charge in [-0.05, 0) is 37.6 Å². The van der Waals surface area contributed by atoms with Crippen LogP contribution in [0.25, 0.3) is 12.2 Å². The lowest BCUT2D eigenvalue weighted by Crippen LogP contribution is -2.45. The smallest absolute Gasteiger partial charge is 0.272 e. The Kier molecular flexibility index (Phi) is 6.97. The summed E-state index contributed by atoms with van der Waals surface area (Å²) in [5.74, 6) is 0.544. The summed E-state index contributed by atoms with van der Waals surface area (Å²) in [7, 11) is 0. The predicted octanol–water partition coefficient (Wildman–Crippen LogP) is -1.29. The Labute approximate surface area is 162 Å². The van der Waals surface area contributed by atoms with Crippen molar-refractivity contribution in [2.75, 3.05) is 31.6 Å². The maximum atomic E-state index is 11.9. The molecule has 2 heterocycles. The summed E-state index contributed by atoms with van der Waals surface area (Å²) in [6, 6.07) is 0. The molecule has 1 fully saturated rings. The van der Waals surface area contributed by atoms with Crippen LogP contribution in [0.4, 0.5) is 5.82 Å². The van der Waals surface area contributed by atoms with Gasteiger partial charge in [0.1, 0.15) is 0 Å². The fraction of sp³-hybridized carbons (Fsp3) is 0.500. The van der Waals surface area contributed by atoms with Crippen LogP contribution < -0.4 is 31.9 Å². The number of nitrogens with one attached hydrogen (secondary N) is 4. The van der Waals surface area contributed by atoms with Gasteiger partial charge in [-0.1, -0.05) is 18.2 Å². The number of hydrogen-bond donors (Lipinski definition) is 5. The van der Waals surface area contributed by atoms with Gasteiger partial charge in [0, 0.05) is 31.5 Å². The molecule has 0 aromatic carbocycles. The van der Waals surface area contributed by atoms with Gasteiger partial charge in [0.05, 0.1) is 17.4 Å². The van der Waals surface area contributed by atoms with Crippen molar-refractivity contribution in [3.8, 4) is 0 Å². The molecule has 9 heteroatoms. The molecule has 2 unspecified atom stereocenters. The largest absolute Gasteiger partial charge is 0.389 e. The number of ether oxygens (including phenoxy) is 1. The van der Waals surface area contributed by atoms with Gasteiger partial charge >= 0.3 is 0 Å². The second-order valence-corrected chi connectivity index (χ2v) is 6.93. The van der Waals surface area contributed by atoms with E-state index in [0.717, 1.165) is 31.1 Å². The van der Waals surface area contributed by atoms with Crippen molar-refractivity contribution in [3.63, 3.8) is 0 Å². The Hall–Kier alpha value is -2.23. The van der Waals surface area contributed by atoms with Crippen LogP contribution >= 0.6 is 12.2 Å². The maximum absolute atomic E-state index is 11.9. The monoisotopic (exact) mass is 391 g/mol. The van der Waals surface area contributed by atoms with Gasteiger partial charge in [-0.2, -0.15) is 5.10 Å². The molecule has 5 N–H and O–H groups in total. The molecule has 0 saturated carbocycles. The second-order valence-electron chi connectivity index (χ2n) is 6.52. The fourth-order valence-corrected chi connectivity index (χ4v) is 3.15. The van der Waals surface area contributed by atoms with Gasteiger partial charge < -0.3 is 25.8 Å². The molecule has 3 rings (SSSR count). The highest BCUT2D eigenvalue weighted by Crippen LogP contribution is 2.10. The van der Waals surface area contributed by atoms with E-state index in [9.17, 15) is 9.90 Å². The van der Waals surface area contributed by atoms with Crippen LogP contribution in [0.15, 0.2) is 16.9 Å². The van der Waals surface area contributed by atoms with E-state index in [0.29, 0.717) is 29.2 Å². The first-order valence-electron chi connectivity index (χ1n) is 9.14. The molecule has 0 radical (unpaired) electrons. The molecule has 8 nitrogen and oxygen atoms in total. The van der Waals surface area contributed by atoms with Crippen LogP contribution in [0, 0.1) is 0 Å². The van der Waals surface area contributed by atoms with Crippen molar-refractivity contribution in [1.29, 1.82) is 0 Å². The van der Waals surface area contributed by atoms with Crippen LogP contribution in [0.5, 0.6) is 0 Å². The molecular formula is C18H25N5O3S. The molecule has 1 aromatic heterocycles. The van der Waals surface area contributed by atoms with Gasteiger partial charge in [-0.25, -0.2) is 5.10 Å². The van der Waals surface area contributed by atoms with Crippen LogP contribution in [0.3, 0.4) is 0 Å².